The Morgan fingerprint density at radius 1 is 1.35 bits per heavy atom. The van der Waals surface area contributed by atoms with Gasteiger partial charge in [0.15, 0.2) is 0 Å². The van der Waals surface area contributed by atoms with Crippen LogP contribution in [0.2, 0.25) is 0 Å². The van der Waals surface area contributed by atoms with Crippen LogP contribution >= 0.6 is 0 Å². The second kappa shape index (κ2) is 6.09. The van der Waals surface area contributed by atoms with Gasteiger partial charge in [-0.25, -0.2) is 0 Å². The summed E-state index contributed by atoms with van der Waals surface area (Å²) in [5.41, 5.74) is 2.45. The molecule has 0 spiro atoms. The van der Waals surface area contributed by atoms with Gasteiger partial charge in [0.25, 0.3) is 0 Å². The van der Waals surface area contributed by atoms with E-state index >= 15 is 0 Å². The molecule has 0 atom stereocenters. The molecule has 20 heavy (non-hydrogen) atoms. The molecule has 4 nitrogen and oxygen atoms in total. The molecule has 4 heteroatoms. The summed E-state index contributed by atoms with van der Waals surface area (Å²) in [6.45, 7) is 4.41. The van der Waals surface area contributed by atoms with Gasteiger partial charge in [-0.05, 0) is 43.5 Å². The average molecular weight is 271 g/mol. The molecule has 0 bridgehead atoms. The second-order valence-corrected chi connectivity index (χ2v) is 5.35. The van der Waals surface area contributed by atoms with Gasteiger partial charge in [-0.1, -0.05) is 12.1 Å². The molecule has 0 unspecified atom stereocenters. The number of ether oxygens (including phenoxy) is 1. The molecule has 1 aliphatic rings. The predicted molar refractivity (Wildman–Crippen MR) is 78.8 cm³/mol. The number of rotatable bonds is 7. The highest BCUT2D eigenvalue weighted by Gasteiger charge is 2.19. The minimum atomic E-state index is 0.641. The Kier molecular flexibility index (Phi) is 4.02. The quantitative estimate of drug-likeness (QED) is 0.841. The van der Waals surface area contributed by atoms with Crippen molar-refractivity contribution in [2.75, 3.05) is 6.61 Å². The van der Waals surface area contributed by atoms with E-state index in [1.165, 1.54) is 18.4 Å². The van der Waals surface area contributed by atoms with E-state index in [0.717, 1.165) is 30.6 Å². The third-order valence-electron chi connectivity index (χ3n) is 3.57. The Labute approximate surface area is 119 Å². The van der Waals surface area contributed by atoms with Crippen LogP contribution in [0.4, 0.5) is 0 Å². The maximum atomic E-state index is 5.81. The smallest absolute Gasteiger partial charge is 0.119 e. The van der Waals surface area contributed by atoms with Gasteiger partial charge in [0.1, 0.15) is 12.4 Å². The van der Waals surface area contributed by atoms with Crippen LogP contribution in [0.1, 0.15) is 24.1 Å². The lowest BCUT2D eigenvalue weighted by molar-refractivity contribution is 0.289. The fourth-order valence-electron chi connectivity index (χ4n) is 2.18. The van der Waals surface area contributed by atoms with Gasteiger partial charge in [-0.3, -0.25) is 4.68 Å². The van der Waals surface area contributed by atoms with Crippen molar-refractivity contribution in [2.45, 2.75) is 38.9 Å². The third kappa shape index (κ3) is 3.61. The first kappa shape index (κ1) is 13.2. The molecule has 0 aliphatic heterocycles. The van der Waals surface area contributed by atoms with Crippen LogP contribution in [0.3, 0.4) is 0 Å². The first-order chi connectivity index (χ1) is 9.81. The molecule has 0 amide bonds. The summed E-state index contributed by atoms with van der Waals surface area (Å²) in [5, 5.41) is 7.76. The van der Waals surface area contributed by atoms with E-state index in [-0.39, 0.29) is 0 Å². The first-order valence-corrected chi connectivity index (χ1v) is 7.25. The molecule has 2 aromatic rings. The van der Waals surface area contributed by atoms with Gasteiger partial charge in [0.2, 0.25) is 0 Å². The monoisotopic (exact) mass is 271 g/mol. The molecular weight excluding hydrogens is 250 g/mol. The van der Waals surface area contributed by atoms with Crippen LogP contribution in [0.25, 0.3) is 0 Å². The largest absolute Gasteiger partial charge is 0.492 e. The third-order valence-corrected chi connectivity index (χ3v) is 3.57. The van der Waals surface area contributed by atoms with Crippen LogP contribution < -0.4 is 10.1 Å². The topological polar surface area (TPSA) is 39.1 Å². The number of aromatic nitrogens is 2. The zero-order valence-electron chi connectivity index (χ0n) is 11.9. The Bertz CT molecular complexity index is 560. The van der Waals surface area contributed by atoms with Crippen LogP contribution in [-0.4, -0.2) is 22.4 Å². The van der Waals surface area contributed by atoms with E-state index in [0.29, 0.717) is 6.61 Å². The fourth-order valence-corrected chi connectivity index (χ4v) is 2.18. The Morgan fingerprint density at radius 2 is 2.25 bits per heavy atom. The number of nitrogens with one attached hydrogen (secondary N) is 1. The van der Waals surface area contributed by atoms with Crippen molar-refractivity contribution in [2.24, 2.45) is 0 Å². The summed E-state index contributed by atoms with van der Waals surface area (Å²) in [6.07, 6.45) is 4.46. The molecule has 0 radical (unpaired) electrons. The summed E-state index contributed by atoms with van der Waals surface area (Å²) in [6, 6.07) is 11.1. The molecule has 1 saturated carbocycles. The molecular formula is C16H21N3O. The van der Waals surface area contributed by atoms with E-state index in [1.807, 2.05) is 23.0 Å². The van der Waals surface area contributed by atoms with Gasteiger partial charge in [-0.15, -0.1) is 0 Å². The summed E-state index contributed by atoms with van der Waals surface area (Å²) >= 11 is 0. The molecule has 3 rings (SSSR count). The molecule has 1 aromatic heterocycles. The fraction of sp³-hybridized carbons (Fsp3) is 0.438. The van der Waals surface area contributed by atoms with E-state index in [9.17, 15) is 0 Å². The Morgan fingerprint density at radius 3 is 3.00 bits per heavy atom. The van der Waals surface area contributed by atoms with Gasteiger partial charge >= 0.3 is 0 Å². The number of nitrogens with zero attached hydrogens (tertiary/aromatic N) is 2. The van der Waals surface area contributed by atoms with Crippen molar-refractivity contribution in [3.05, 3.63) is 47.8 Å². The highest BCUT2D eigenvalue weighted by molar-refractivity contribution is 5.28. The highest BCUT2D eigenvalue weighted by atomic mass is 16.5. The summed E-state index contributed by atoms with van der Waals surface area (Å²) in [4.78, 5) is 0. The molecule has 1 heterocycles. The molecule has 1 fully saturated rings. The zero-order chi connectivity index (χ0) is 13.8. The zero-order valence-corrected chi connectivity index (χ0v) is 11.9. The van der Waals surface area contributed by atoms with Gasteiger partial charge in [-0.2, -0.15) is 5.10 Å². The standard InChI is InChI=1S/C16H21N3O/c1-13-7-8-18-19(13)9-10-20-16-4-2-3-14(11-16)12-17-15-5-6-15/h2-4,7-8,11,15,17H,5-6,9-10,12H2,1H3. The van der Waals surface area contributed by atoms with Crippen LogP contribution in [-0.2, 0) is 13.1 Å². The lowest BCUT2D eigenvalue weighted by Gasteiger charge is -2.09. The van der Waals surface area contributed by atoms with Crippen molar-refractivity contribution in [3.8, 4) is 5.75 Å². The number of hydrogen-bond donors (Lipinski definition) is 1. The number of aryl methyl sites for hydroxylation is 1. The van der Waals surface area contributed by atoms with Gasteiger partial charge < -0.3 is 10.1 Å². The molecule has 106 valence electrons. The minimum absolute atomic E-state index is 0.641. The SMILES string of the molecule is Cc1ccnn1CCOc1cccc(CNC2CC2)c1. The molecule has 0 saturated heterocycles. The van der Waals surface area contributed by atoms with E-state index < -0.39 is 0 Å². The first-order valence-electron chi connectivity index (χ1n) is 7.25. The maximum Gasteiger partial charge on any atom is 0.119 e. The summed E-state index contributed by atoms with van der Waals surface area (Å²) < 4.78 is 7.77. The summed E-state index contributed by atoms with van der Waals surface area (Å²) in [5.74, 6) is 0.935. The molecule has 1 aliphatic carbocycles. The lowest BCUT2D eigenvalue weighted by atomic mass is 10.2. The van der Waals surface area contributed by atoms with Crippen LogP contribution in [0.5, 0.6) is 5.75 Å². The molecule has 1 aromatic carbocycles. The van der Waals surface area contributed by atoms with E-state index in [1.54, 1.807) is 0 Å². The van der Waals surface area contributed by atoms with Crippen LogP contribution in [0.15, 0.2) is 36.5 Å². The van der Waals surface area contributed by atoms with Crippen molar-refractivity contribution in [1.82, 2.24) is 15.1 Å². The average Bonchev–Trinajstić information content (AvgIpc) is 3.20. The summed E-state index contributed by atoms with van der Waals surface area (Å²) in [7, 11) is 0. The number of benzene rings is 1. The maximum absolute atomic E-state index is 5.81. The minimum Gasteiger partial charge on any atom is -0.492 e. The second-order valence-electron chi connectivity index (χ2n) is 5.35. The van der Waals surface area contributed by atoms with Crippen molar-refractivity contribution in [3.63, 3.8) is 0 Å². The lowest BCUT2D eigenvalue weighted by Crippen LogP contribution is -2.15. The normalized spacial score (nSPS) is 14.4. The van der Waals surface area contributed by atoms with Crippen molar-refractivity contribution < 1.29 is 4.74 Å². The van der Waals surface area contributed by atoms with Crippen LogP contribution in [0, 0.1) is 6.92 Å². The predicted octanol–water partition coefficient (Wildman–Crippen LogP) is 2.52. The molecule has 1 N–H and O–H groups in total. The van der Waals surface area contributed by atoms with Crippen molar-refractivity contribution in [1.29, 1.82) is 0 Å². The van der Waals surface area contributed by atoms with E-state index in [4.69, 9.17) is 4.74 Å². The Hall–Kier alpha value is -1.81. The van der Waals surface area contributed by atoms with E-state index in [2.05, 4.69) is 35.5 Å². The Balaban J connectivity index is 1.49. The van der Waals surface area contributed by atoms with Crippen molar-refractivity contribution >= 4 is 0 Å². The van der Waals surface area contributed by atoms with Gasteiger partial charge in [0, 0.05) is 24.5 Å². The number of hydrogen-bond acceptors (Lipinski definition) is 3. The highest BCUT2D eigenvalue weighted by Crippen LogP contribution is 2.20. The van der Waals surface area contributed by atoms with Gasteiger partial charge in [0.05, 0.1) is 6.54 Å².